The Balaban J connectivity index is 1.22. The Kier molecular flexibility index (Phi) is 12.0. The van der Waals surface area contributed by atoms with Crippen LogP contribution in [-0.2, 0) is 25.6 Å². The van der Waals surface area contributed by atoms with Crippen LogP contribution in [0.1, 0.15) is 28.9 Å². The molecule has 9 N–H and O–H groups in total. The van der Waals surface area contributed by atoms with Crippen LogP contribution in [0.25, 0.3) is 0 Å². The van der Waals surface area contributed by atoms with Crippen LogP contribution in [0.5, 0.6) is 28.7 Å². The van der Waals surface area contributed by atoms with Crippen molar-refractivity contribution in [2.24, 2.45) is 11.8 Å². The van der Waals surface area contributed by atoms with Crippen LogP contribution in [0.4, 0.5) is 0 Å². The van der Waals surface area contributed by atoms with Crippen LogP contribution in [0.15, 0.2) is 24.3 Å². The molecule has 0 aliphatic carbocycles. The van der Waals surface area contributed by atoms with Crippen molar-refractivity contribution >= 4 is 0 Å². The fourth-order valence-corrected chi connectivity index (χ4v) is 7.23. The monoisotopic (exact) mass is 742 g/mol. The summed E-state index contributed by atoms with van der Waals surface area (Å²) in [6.45, 7) is -1.18. The van der Waals surface area contributed by atoms with Crippen LogP contribution >= 0.6 is 0 Å². The molecule has 2 aromatic rings. The number of ether oxygens (including phenoxy) is 9. The molecule has 18 heteroatoms. The quantitative estimate of drug-likeness (QED) is 0.110. The number of aliphatic hydroxyl groups is 9. The minimum atomic E-state index is -1.68. The molecular formula is C34H46O18. The van der Waals surface area contributed by atoms with E-state index < -0.39 is 93.4 Å². The summed E-state index contributed by atoms with van der Waals surface area (Å²) in [5.74, 6) is 0.333. The fourth-order valence-electron chi connectivity index (χ4n) is 7.23. The molecule has 4 aliphatic rings. The van der Waals surface area contributed by atoms with Gasteiger partial charge in [-0.15, -0.1) is 0 Å². The van der Waals surface area contributed by atoms with E-state index in [1.165, 1.54) is 21.3 Å². The zero-order valence-corrected chi connectivity index (χ0v) is 28.6. The largest absolute Gasteiger partial charge is 0.493 e. The SMILES string of the molecule is COc1cc([C@H]2OC[C@H]3C(c4cc(OC)c(O[C@@H]5OC(CO)[C@@H](O)[C@@H](O)C5O)c(OC)c4)OC[C@H]23)cc(CO)c1O[C@@H]1OC(CO)[C@@H](O)[C@@H](O)C1O. The van der Waals surface area contributed by atoms with Gasteiger partial charge in [0.1, 0.15) is 48.8 Å². The second-order valence-electron chi connectivity index (χ2n) is 13.1. The molecule has 2 aromatic carbocycles. The summed E-state index contributed by atoms with van der Waals surface area (Å²) >= 11 is 0. The topological polar surface area (TPSA) is 265 Å². The van der Waals surface area contributed by atoms with Crippen molar-refractivity contribution in [1.29, 1.82) is 0 Å². The molecule has 0 spiro atoms. The molecule has 18 nitrogen and oxygen atoms in total. The average Bonchev–Trinajstić information content (AvgIpc) is 3.78. The van der Waals surface area contributed by atoms with Crippen molar-refractivity contribution in [2.75, 3.05) is 47.8 Å². The average molecular weight is 743 g/mol. The van der Waals surface area contributed by atoms with E-state index in [1.807, 2.05) is 0 Å². The van der Waals surface area contributed by atoms with Gasteiger partial charge in [-0.25, -0.2) is 0 Å². The number of methoxy groups -OCH3 is 3. The molecular weight excluding hydrogens is 696 g/mol. The third-order valence-corrected chi connectivity index (χ3v) is 10.1. The van der Waals surface area contributed by atoms with Gasteiger partial charge in [-0.2, -0.15) is 0 Å². The lowest BCUT2D eigenvalue weighted by atomic mass is 9.84. The lowest BCUT2D eigenvalue weighted by Crippen LogP contribution is -2.60. The molecule has 5 unspecified atom stereocenters. The van der Waals surface area contributed by atoms with Gasteiger partial charge in [0.25, 0.3) is 0 Å². The fraction of sp³-hybridized carbons (Fsp3) is 0.647. The Morgan fingerprint density at radius 2 is 0.962 bits per heavy atom. The highest BCUT2D eigenvalue weighted by molar-refractivity contribution is 5.55. The molecule has 0 aromatic heterocycles. The number of aliphatic hydroxyl groups excluding tert-OH is 9. The van der Waals surface area contributed by atoms with Crippen molar-refractivity contribution in [3.05, 3.63) is 41.0 Å². The number of rotatable bonds is 12. The second kappa shape index (κ2) is 16.1. The van der Waals surface area contributed by atoms with Gasteiger partial charge >= 0.3 is 0 Å². The maximum absolute atomic E-state index is 10.5. The summed E-state index contributed by atoms with van der Waals surface area (Å²) in [6, 6.07) is 6.69. The summed E-state index contributed by atoms with van der Waals surface area (Å²) in [6.07, 6.45) is -16.1. The summed E-state index contributed by atoms with van der Waals surface area (Å²) in [5, 5.41) is 91.3. The first kappa shape index (κ1) is 38.6. The lowest BCUT2D eigenvalue weighted by Gasteiger charge is -2.39. The molecule has 0 bridgehead atoms. The van der Waals surface area contributed by atoms with E-state index >= 15 is 0 Å². The third-order valence-electron chi connectivity index (χ3n) is 10.1. The number of fused-ring (bicyclic) bond motifs is 1. The maximum atomic E-state index is 10.5. The van der Waals surface area contributed by atoms with E-state index in [2.05, 4.69) is 0 Å². The van der Waals surface area contributed by atoms with Crippen molar-refractivity contribution in [2.45, 2.75) is 80.2 Å². The van der Waals surface area contributed by atoms with Gasteiger partial charge in [-0.3, -0.25) is 0 Å². The number of hydrogen-bond donors (Lipinski definition) is 9. The van der Waals surface area contributed by atoms with Crippen LogP contribution in [-0.4, -0.2) is 155 Å². The standard InChI is InChI=1S/C34H46O18/c1-44-18-5-13(4-15(8-35)31(18)51-33-27(42)25(40)23(38)21(9-36)49-33)29-16-11-48-30(17(16)12-47-29)14-6-19(45-2)32(20(7-14)46-3)52-34-28(43)26(41)24(39)22(10-37)50-34/h4-7,16-17,21-30,33-43H,8-12H2,1-3H3/t16-,17+,21?,22?,23+,24+,25+,26+,27?,28?,29+,30?,33-,34-/m0/s1. The molecule has 0 saturated carbocycles. The van der Waals surface area contributed by atoms with Crippen LogP contribution in [0, 0.1) is 11.8 Å². The van der Waals surface area contributed by atoms with E-state index in [0.29, 0.717) is 24.3 Å². The Hall–Kier alpha value is -3.08. The highest BCUT2D eigenvalue weighted by atomic mass is 16.7. The van der Waals surface area contributed by atoms with Gasteiger partial charge in [0.2, 0.25) is 18.3 Å². The van der Waals surface area contributed by atoms with Gasteiger partial charge in [-0.05, 0) is 35.4 Å². The molecule has 0 amide bonds. The van der Waals surface area contributed by atoms with Crippen LogP contribution in [0.3, 0.4) is 0 Å². The van der Waals surface area contributed by atoms with Gasteiger partial charge < -0.3 is 88.6 Å². The zero-order chi connectivity index (χ0) is 37.4. The Morgan fingerprint density at radius 3 is 1.37 bits per heavy atom. The second-order valence-corrected chi connectivity index (χ2v) is 13.1. The molecule has 4 aliphatic heterocycles. The first-order chi connectivity index (χ1) is 25.0. The van der Waals surface area contributed by atoms with Crippen LogP contribution in [0.2, 0.25) is 0 Å². The van der Waals surface area contributed by atoms with E-state index in [4.69, 9.17) is 42.6 Å². The Bertz CT molecular complexity index is 1360. The van der Waals surface area contributed by atoms with E-state index in [9.17, 15) is 46.0 Å². The smallest absolute Gasteiger partial charge is 0.229 e. The molecule has 6 rings (SSSR count). The number of benzene rings is 2. The Labute approximate surface area is 298 Å². The van der Waals surface area contributed by atoms with Gasteiger partial charge in [-0.1, -0.05) is 0 Å². The van der Waals surface area contributed by atoms with E-state index in [1.54, 1.807) is 24.3 Å². The summed E-state index contributed by atoms with van der Waals surface area (Å²) in [5.41, 5.74) is 1.58. The van der Waals surface area contributed by atoms with E-state index in [0.717, 1.165) is 0 Å². The van der Waals surface area contributed by atoms with E-state index in [-0.39, 0.29) is 46.1 Å². The molecule has 4 fully saturated rings. The van der Waals surface area contributed by atoms with Crippen molar-refractivity contribution in [1.82, 2.24) is 0 Å². The molecule has 4 heterocycles. The van der Waals surface area contributed by atoms with Crippen molar-refractivity contribution in [3.8, 4) is 28.7 Å². The highest BCUT2D eigenvalue weighted by Crippen LogP contribution is 2.53. The summed E-state index contributed by atoms with van der Waals surface area (Å²) in [4.78, 5) is 0. The lowest BCUT2D eigenvalue weighted by molar-refractivity contribution is -0.277. The predicted octanol–water partition coefficient (Wildman–Crippen LogP) is -2.36. The molecule has 4 saturated heterocycles. The first-order valence-electron chi connectivity index (χ1n) is 16.7. The Morgan fingerprint density at radius 1 is 0.558 bits per heavy atom. The van der Waals surface area contributed by atoms with Gasteiger partial charge in [0.05, 0.1) is 66.6 Å². The zero-order valence-electron chi connectivity index (χ0n) is 28.6. The molecule has 52 heavy (non-hydrogen) atoms. The van der Waals surface area contributed by atoms with Crippen molar-refractivity contribution in [3.63, 3.8) is 0 Å². The first-order valence-corrected chi connectivity index (χ1v) is 16.7. The van der Waals surface area contributed by atoms with Gasteiger partial charge in [0.15, 0.2) is 23.0 Å². The van der Waals surface area contributed by atoms with Crippen molar-refractivity contribution < 1.29 is 88.6 Å². The minimum Gasteiger partial charge on any atom is -0.493 e. The summed E-state index contributed by atoms with van der Waals surface area (Å²) in [7, 11) is 4.20. The summed E-state index contributed by atoms with van der Waals surface area (Å²) < 4.78 is 52.2. The molecule has 0 radical (unpaired) electrons. The third kappa shape index (κ3) is 7.00. The highest BCUT2D eigenvalue weighted by Gasteiger charge is 2.50. The predicted molar refractivity (Wildman–Crippen MR) is 172 cm³/mol. The number of hydrogen-bond acceptors (Lipinski definition) is 18. The molecule has 290 valence electrons. The van der Waals surface area contributed by atoms with Gasteiger partial charge in [0, 0.05) is 17.4 Å². The van der Waals surface area contributed by atoms with Crippen LogP contribution < -0.4 is 23.7 Å². The molecule has 14 atom stereocenters. The maximum Gasteiger partial charge on any atom is 0.229 e. The normalized spacial score (nSPS) is 37.4. The minimum absolute atomic E-state index is 0.0263.